The number of hydrogen-bond donors (Lipinski definition) is 0. The topological polar surface area (TPSA) is 51.8 Å². The van der Waals surface area contributed by atoms with Crippen LogP contribution in [0.15, 0.2) is 23.1 Å². The first-order valence-electron chi connectivity index (χ1n) is 2.48. The van der Waals surface area contributed by atoms with Gasteiger partial charge < -0.3 is 4.42 Å². The second-order valence-electron chi connectivity index (χ2n) is 1.57. The van der Waals surface area contributed by atoms with Gasteiger partial charge in [-0.2, -0.15) is 10.1 Å². The normalized spacial score (nSPS) is 10.2. The second kappa shape index (κ2) is 1.51. The van der Waals surface area contributed by atoms with Crippen molar-refractivity contribution < 1.29 is 4.42 Å². The highest BCUT2D eigenvalue weighted by Crippen LogP contribution is 2.04. The summed E-state index contributed by atoms with van der Waals surface area (Å²) in [7, 11) is 0. The molecule has 0 saturated heterocycles. The van der Waals surface area contributed by atoms with E-state index in [1.165, 1.54) is 6.39 Å². The fraction of sp³-hybridized carbons (Fsp3) is 0. The van der Waals surface area contributed by atoms with Crippen LogP contribution in [0.5, 0.6) is 0 Å². The Kier molecular flexibility index (Phi) is 0.745. The van der Waals surface area contributed by atoms with Gasteiger partial charge in [-0.25, -0.2) is 0 Å². The minimum absolute atomic E-state index is 0.553. The highest BCUT2D eigenvalue weighted by molar-refractivity contribution is 5.65. The van der Waals surface area contributed by atoms with Gasteiger partial charge in [0.2, 0.25) is 5.65 Å². The molecule has 0 saturated carbocycles. The predicted molar refractivity (Wildman–Crippen MR) is 29.6 cm³/mol. The zero-order valence-electron chi connectivity index (χ0n) is 4.48. The number of hydrogen-bond acceptors (Lipinski definition) is 4. The van der Waals surface area contributed by atoms with Crippen molar-refractivity contribution in [1.29, 1.82) is 0 Å². The summed E-state index contributed by atoms with van der Waals surface area (Å²) < 4.78 is 4.90. The number of nitrogens with zero attached hydrogens (tertiary/aromatic N) is 3. The third kappa shape index (κ3) is 0.561. The molecule has 2 heterocycles. The Morgan fingerprint density at radius 2 is 2.44 bits per heavy atom. The number of oxazole rings is 1. The molecule has 0 aromatic carbocycles. The molecule has 2 rings (SSSR count). The summed E-state index contributed by atoms with van der Waals surface area (Å²) in [6.45, 7) is 0. The summed E-state index contributed by atoms with van der Waals surface area (Å²) in [5.41, 5.74) is 1.22. The van der Waals surface area contributed by atoms with Gasteiger partial charge in [-0.1, -0.05) is 0 Å². The van der Waals surface area contributed by atoms with Gasteiger partial charge in [-0.3, -0.25) is 0 Å². The van der Waals surface area contributed by atoms with E-state index in [-0.39, 0.29) is 0 Å². The van der Waals surface area contributed by atoms with Crippen molar-refractivity contribution in [3.05, 3.63) is 18.7 Å². The maximum Gasteiger partial charge on any atom is 0.220 e. The molecule has 0 aliphatic heterocycles. The van der Waals surface area contributed by atoms with Gasteiger partial charge in [0.05, 0.1) is 6.20 Å². The molecule has 0 N–H and O–H groups in total. The largest absolute Gasteiger partial charge is 0.442 e. The summed E-state index contributed by atoms with van der Waals surface area (Å²) in [6, 6.07) is 1.72. The average Bonchev–Trinajstić information content (AvgIpc) is 2.33. The molecule has 2 aromatic heterocycles. The molecular weight excluding hydrogens is 118 g/mol. The standard InChI is InChI=1S/C5H3N3O/c1-2-7-8-5-4(1)9-3-6-5/h1-3H. The molecule has 0 aliphatic carbocycles. The van der Waals surface area contributed by atoms with E-state index in [0.717, 1.165) is 0 Å². The quantitative estimate of drug-likeness (QED) is 0.512. The lowest BCUT2D eigenvalue weighted by Gasteiger charge is -1.77. The van der Waals surface area contributed by atoms with Gasteiger partial charge in [0, 0.05) is 6.07 Å². The summed E-state index contributed by atoms with van der Waals surface area (Å²) in [5, 5.41) is 7.30. The third-order valence-corrected chi connectivity index (χ3v) is 1.02. The molecule has 4 heteroatoms. The van der Waals surface area contributed by atoms with Crippen LogP contribution in [0.2, 0.25) is 0 Å². The molecule has 0 amide bonds. The summed E-state index contributed by atoms with van der Waals surface area (Å²) in [4.78, 5) is 3.78. The molecule has 44 valence electrons. The maximum absolute atomic E-state index is 4.90. The Balaban J connectivity index is 2.95. The van der Waals surface area contributed by atoms with Gasteiger partial charge in [0.15, 0.2) is 12.0 Å². The van der Waals surface area contributed by atoms with E-state index in [1.807, 2.05) is 0 Å². The molecule has 0 unspecified atom stereocenters. The van der Waals surface area contributed by atoms with Crippen molar-refractivity contribution in [2.24, 2.45) is 0 Å². The second-order valence-corrected chi connectivity index (χ2v) is 1.57. The highest BCUT2D eigenvalue weighted by atomic mass is 16.3. The first-order valence-corrected chi connectivity index (χ1v) is 2.48. The Morgan fingerprint density at radius 3 is 3.33 bits per heavy atom. The lowest BCUT2D eigenvalue weighted by molar-refractivity contribution is 0.601. The number of fused-ring (bicyclic) bond motifs is 1. The van der Waals surface area contributed by atoms with Crippen molar-refractivity contribution in [1.82, 2.24) is 15.2 Å². The molecule has 0 radical (unpaired) electrons. The third-order valence-electron chi connectivity index (χ3n) is 1.02. The summed E-state index contributed by atoms with van der Waals surface area (Å²) in [6.07, 6.45) is 2.91. The van der Waals surface area contributed by atoms with Crippen LogP contribution in [0.25, 0.3) is 11.2 Å². The minimum atomic E-state index is 0.553. The summed E-state index contributed by atoms with van der Waals surface area (Å²) in [5.74, 6) is 0. The molecule has 0 aliphatic rings. The smallest absolute Gasteiger partial charge is 0.220 e. The van der Waals surface area contributed by atoms with E-state index in [4.69, 9.17) is 4.42 Å². The van der Waals surface area contributed by atoms with Gasteiger partial charge in [0.25, 0.3) is 0 Å². The van der Waals surface area contributed by atoms with Crippen LogP contribution in [-0.2, 0) is 0 Å². The van der Waals surface area contributed by atoms with Crippen molar-refractivity contribution in [2.75, 3.05) is 0 Å². The molecule has 2 aromatic rings. The van der Waals surface area contributed by atoms with E-state index in [1.54, 1.807) is 12.3 Å². The maximum atomic E-state index is 4.90. The first kappa shape index (κ1) is 4.43. The van der Waals surface area contributed by atoms with E-state index >= 15 is 0 Å². The lowest BCUT2D eigenvalue weighted by Crippen LogP contribution is -1.77. The van der Waals surface area contributed by atoms with Crippen LogP contribution in [-0.4, -0.2) is 15.2 Å². The van der Waals surface area contributed by atoms with Crippen molar-refractivity contribution in [3.8, 4) is 0 Å². The van der Waals surface area contributed by atoms with Crippen LogP contribution in [0.1, 0.15) is 0 Å². The Labute approximate surface area is 50.5 Å². The van der Waals surface area contributed by atoms with Crippen LogP contribution < -0.4 is 0 Å². The van der Waals surface area contributed by atoms with Crippen LogP contribution in [0, 0.1) is 0 Å². The van der Waals surface area contributed by atoms with Crippen LogP contribution in [0.3, 0.4) is 0 Å². The SMILES string of the molecule is c1cc2ocnc2nn1. The fourth-order valence-corrected chi connectivity index (χ4v) is 0.627. The minimum Gasteiger partial charge on any atom is -0.442 e. The molecule has 9 heavy (non-hydrogen) atoms. The first-order chi connectivity index (χ1) is 4.47. The molecule has 0 atom stereocenters. The molecule has 0 spiro atoms. The Bertz CT molecular complexity index is 286. The lowest BCUT2D eigenvalue weighted by atomic mass is 10.5. The molecule has 0 fully saturated rings. The van der Waals surface area contributed by atoms with Gasteiger partial charge >= 0.3 is 0 Å². The van der Waals surface area contributed by atoms with Gasteiger partial charge in [0.1, 0.15) is 0 Å². The zero-order valence-corrected chi connectivity index (χ0v) is 4.48. The Hall–Kier alpha value is -1.45. The molecule has 0 bridgehead atoms. The van der Waals surface area contributed by atoms with E-state index in [0.29, 0.717) is 11.2 Å². The summed E-state index contributed by atoms with van der Waals surface area (Å²) >= 11 is 0. The number of rotatable bonds is 0. The zero-order chi connectivity index (χ0) is 6.10. The fourth-order valence-electron chi connectivity index (χ4n) is 0.627. The average molecular weight is 121 g/mol. The van der Waals surface area contributed by atoms with E-state index in [2.05, 4.69) is 15.2 Å². The number of aromatic nitrogens is 3. The van der Waals surface area contributed by atoms with Crippen LogP contribution in [0.4, 0.5) is 0 Å². The monoisotopic (exact) mass is 121 g/mol. The highest BCUT2D eigenvalue weighted by Gasteiger charge is 1.94. The predicted octanol–water partition coefficient (Wildman–Crippen LogP) is 0.618. The van der Waals surface area contributed by atoms with Crippen molar-refractivity contribution >= 4 is 11.2 Å². The molecular formula is C5H3N3O. The van der Waals surface area contributed by atoms with E-state index in [9.17, 15) is 0 Å². The molecule has 4 nitrogen and oxygen atoms in total. The van der Waals surface area contributed by atoms with Crippen LogP contribution >= 0.6 is 0 Å². The van der Waals surface area contributed by atoms with Gasteiger partial charge in [-0.05, 0) is 0 Å². The Morgan fingerprint density at radius 1 is 1.44 bits per heavy atom. The van der Waals surface area contributed by atoms with Crippen molar-refractivity contribution in [2.45, 2.75) is 0 Å². The van der Waals surface area contributed by atoms with E-state index < -0.39 is 0 Å². The van der Waals surface area contributed by atoms with Crippen molar-refractivity contribution in [3.63, 3.8) is 0 Å². The van der Waals surface area contributed by atoms with Gasteiger partial charge in [-0.15, -0.1) is 5.10 Å².